The van der Waals surface area contributed by atoms with Gasteiger partial charge in [0.1, 0.15) is 11.9 Å². The Morgan fingerprint density at radius 3 is 2.71 bits per heavy atom. The van der Waals surface area contributed by atoms with Crippen LogP contribution >= 0.6 is 15.9 Å². The summed E-state index contributed by atoms with van der Waals surface area (Å²) in [5, 5.41) is 9.88. The first-order chi connectivity index (χ1) is 8.16. The van der Waals surface area contributed by atoms with Gasteiger partial charge < -0.3 is 5.11 Å². The van der Waals surface area contributed by atoms with Gasteiger partial charge in [-0.05, 0) is 29.8 Å². The van der Waals surface area contributed by atoms with Crippen LogP contribution in [0.2, 0.25) is 0 Å². The third kappa shape index (κ3) is 3.08. The van der Waals surface area contributed by atoms with Gasteiger partial charge >= 0.3 is 0 Å². The van der Waals surface area contributed by atoms with Crippen LogP contribution in [0.4, 0.5) is 4.39 Å². The van der Waals surface area contributed by atoms with Crippen molar-refractivity contribution in [3.05, 3.63) is 58.3 Å². The van der Waals surface area contributed by atoms with Crippen LogP contribution in [-0.4, -0.2) is 15.1 Å². The van der Waals surface area contributed by atoms with Gasteiger partial charge in [0, 0.05) is 23.3 Å². The summed E-state index contributed by atoms with van der Waals surface area (Å²) in [6.45, 7) is 0. The molecule has 0 aliphatic rings. The van der Waals surface area contributed by atoms with Crippen molar-refractivity contribution in [2.45, 2.75) is 12.5 Å². The standard InChI is InChI=1S/C12H10BrFN2O/c13-9-2-3-10(14)8(6-9)7-11(17)12-15-4-1-5-16-12/h1-6,11,17H,7H2. The second kappa shape index (κ2) is 5.33. The molecule has 0 saturated carbocycles. The molecule has 1 atom stereocenters. The molecular formula is C12H10BrFN2O. The maximum absolute atomic E-state index is 13.5. The molecule has 2 aromatic rings. The van der Waals surface area contributed by atoms with Crippen molar-refractivity contribution in [1.29, 1.82) is 0 Å². The SMILES string of the molecule is OC(Cc1cc(Br)ccc1F)c1ncccn1. The van der Waals surface area contributed by atoms with E-state index in [9.17, 15) is 9.50 Å². The third-order valence-electron chi connectivity index (χ3n) is 2.30. The quantitative estimate of drug-likeness (QED) is 0.947. The molecule has 0 aliphatic carbocycles. The number of aliphatic hydroxyl groups is 1. The van der Waals surface area contributed by atoms with E-state index in [1.165, 1.54) is 6.07 Å². The zero-order valence-electron chi connectivity index (χ0n) is 8.85. The fraction of sp³-hybridized carbons (Fsp3) is 0.167. The number of halogens is 2. The van der Waals surface area contributed by atoms with E-state index in [-0.39, 0.29) is 12.2 Å². The van der Waals surface area contributed by atoms with Crippen LogP contribution in [0.25, 0.3) is 0 Å². The molecule has 1 aromatic heterocycles. The highest BCUT2D eigenvalue weighted by atomic mass is 79.9. The average Bonchev–Trinajstić information content (AvgIpc) is 2.35. The lowest BCUT2D eigenvalue weighted by Crippen LogP contribution is -2.07. The largest absolute Gasteiger partial charge is 0.385 e. The fourth-order valence-electron chi connectivity index (χ4n) is 1.48. The molecule has 3 nitrogen and oxygen atoms in total. The molecule has 0 saturated heterocycles. The van der Waals surface area contributed by atoms with Gasteiger partial charge in [-0.2, -0.15) is 0 Å². The molecular weight excluding hydrogens is 287 g/mol. The van der Waals surface area contributed by atoms with Crippen molar-refractivity contribution >= 4 is 15.9 Å². The Labute approximate surface area is 106 Å². The number of hydrogen-bond acceptors (Lipinski definition) is 3. The van der Waals surface area contributed by atoms with Crippen molar-refractivity contribution in [3.63, 3.8) is 0 Å². The minimum absolute atomic E-state index is 0.148. The Kier molecular flexibility index (Phi) is 3.81. The van der Waals surface area contributed by atoms with E-state index in [0.717, 1.165) is 4.47 Å². The summed E-state index contributed by atoms with van der Waals surface area (Å²) in [6.07, 6.45) is 2.33. The molecule has 0 amide bonds. The Hall–Kier alpha value is -1.33. The zero-order valence-corrected chi connectivity index (χ0v) is 10.4. The molecule has 1 heterocycles. The van der Waals surface area contributed by atoms with Crippen molar-refractivity contribution in [1.82, 2.24) is 9.97 Å². The van der Waals surface area contributed by atoms with Gasteiger partial charge in [0.2, 0.25) is 0 Å². The third-order valence-corrected chi connectivity index (χ3v) is 2.80. The highest BCUT2D eigenvalue weighted by molar-refractivity contribution is 9.10. The van der Waals surface area contributed by atoms with Crippen LogP contribution in [0, 0.1) is 5.82 Å². The van der Waals surface area contributed by atoms with E-state index < -0.39 is 6.10 Å². The maximum atomic E-state index is 13.5. The first-order valence-corrected chi connectivity index (χ1v) is 5.85. The number of hydrogen-bond donors (Lipinski definition) is 1. The molecule has 17 heavy (non-hydrogen) atoms. The van der Waals surface area contributed by atoms with Gasteiger partial charge in [0.25, 0.3) is 0 Å². The molecule has 5 heteroatoms. The van der Waals surface area contributed by atoms with Crippen molar-refractivity contribution in [3.8, 4) is 0 Å². The molecule has 0 aliphatic heterocycles. The summed E-state index contributed by atoms with van der Waals surface area (Å²) < 4.78 is 14.2. The van der Waals surface area contributed by atoms with Crippen molar-refractivity contribution < 1.29 is 9.50 Å². The second-order valence-corrected chi connectivity index (χ2v) is 4.48. The van der Waals surface area contributed by atoms with Crippen LogP contribution in [-0.2, 0) is 6.42 Å². The first-order valence-electron chi connectivity index (χ1n) is 5.05. The second-order valence-electron chi connectivity index (χ2n) is 3.56. The Morgan fingerprint density at radius 1 is 1.29 bits per heavy atom. The van der Waals surface area contributed by atoms with Crippen LogP contribution in [0.3, 0.4) is 0 Å². The summed E-state index contributed by atoms with van der Waals surface area (Å²) in [5.74, 6) is -0.0462. The monoisotopic (exact) mass is 296 g/mol. The minimum Gasteiger partial charge on any atom is -0.385 e. The number of benzene rings is 1. The summed E-state index contributed by atoms with van der Waals surface area (Å²) in [4.78, 5) is 7.86. The molecule has 1 aromatic carbocycles. The summed E-state index contributed by atoms with van der Waals surface area (Å²) >= 11 is 3.26. The Morgan fingerprint density at radius 2 is 2.00 bits per heavy atom. The van der Waals surface area contributed by atoms with Gasteiger partial charge in [0.05, 0.1) is 0 Å². The van der Waals surface area contributed by atoms with Crippen LogP contribution in [0.5, 0.6) is 0 Å². The molecule has 0 spiro atoms. The summed E-state index contributed by atoms with van der Waals surface area (Å²) in [7, 11) is 0. The molecule has 88 valence electrons. The summed E-state index contributed by atoms with van der Waals surface area (Å²) in [5.41, 5.74) is 0.430. The number of aliphatic hydroxyl groups excluding tert-OH is 1. The molecule has 1 N–H and O–H groups in total. The molecule has 1 unspecified atom stereocenters. The lowest BCUT2D eigenvalue weighted by molar-refractivity contribution is 0.167. The number of rotatable bonds is 3. The van der Waals surface area contributed by atoms with Crippen molar-refractivity contribution in [2.24, 2.45) is 0 Å². The molecule has 0 radical (unpaired) electrons. The number of aromatic nitrogens is 2. The normalized spacial score (nSPS) is 12.4. The molecule has 0 fully saturated rings. The van der Waals surface area contributed by atoms with Gasteiger partial charge in [-0.1, -0.05) is 15.9 Å². The summed E-state index contributed by atoms with van der Waals surface area (Å²) in [6, 6.07) is 6.28. The van der Waals surface area contributed by atoms with E-state index in [2.05, 4.69) is 25.9 Å². The first kappa shape index (κ1) is 12.1. The van der Waals surface area contributed by atoms with E-state index in [0.29, 0.717) is 11.4 Å². The van der Waals surface area contributed by atoms with E-state index >= 15 is 0 Å². The number of nitrogens with zero attached hydrogens (tertiary/aromatic N) is 2. The van der Waals surface area contributed by atoms with E-state index in [1.54, 1.807) is 30.6 Å². The van der Waals surface area contributed by atoms with Crippen molar-refractivity contribution in [2.75, 3.05) is 0 Å². The highest BCUT2D eigenvalue weighted by Crippen LogP contribution is 2.20. The fourth-order valence-corrected chi connectivity index (χ4v) is 1.89. The zero-order chi connectivity index (χ0) is 12.3. The Bertz CT molecular complexity index is 507. The van der Waals surface area contributed by atoms with Gasteiger partial charge in [-0.3, -0.25) is 0 Å². The lowest BCUT2D eigenvalue weighted by atomic mass is 10.1. The predicted octanol–water partition coefficient (Wildman–Crippen LogP) is 2.65. The van der Waals surface area contributed by atoms with Gasteiger partial charge in [0.15, 0.2) is 5.82 Å². The smallest absolute Gasteiger partial charge is 0.157 e. The minimum atomic E-state index is -0.903. The van der Waals surface area contributed by atoms with E-state index in [1.807, 2.05) is 0 Å². The topological polar surface area (TPSA) is 46.0 Å². The molecule has 2 rings (SSSR count). The van der Waals surface area contributed by atoms with Gasteiger partial charge in [-0.25, -0.2) is 14.4 Å². The molecule has 0 bridgehead atoms. The highest BCUT2D eigenvalue weighted by Gasteiger charge is 2.13. The lowest BCUT2D eigenvalue weighted by Gasteiger charge is -2.09. The Balaban J connectivity index is 2.18. The predicted molar refractivity (Wildman–Crippen MR) is 64.8 cm³/mol. The van der Waals surface area contributed by atoms with Gasteiger partial charge in [-0.15, -0.1) is 0 Å². The average molecular weight is 297 g/mol. The van der Waals surface area contributed by atoms with Crippen LogP contribution < -0.4 is 0 Å². The van der Waals surface area contributed by atoms with Crippen LogP contribution in [0.1, 0.15) is 17.5 Å². The van der Waals surface area contributed by atoms with E-state index in [4.69, 9.17) is 0 Å². The maximum Gasteiger partial charge on any atom is 0.157 e. The van der Waals surface area contributed by atoms with Crippen LogP contribution in [0.15, 0.2) is 41.1 Å².